The van der Waals surface area contributed by atoms with Crippen LogP contribution in [0.1, 0.15) is 57.1 Å². The highest BCUT2D eigenvalue weighted by Gasteiger charge is 2.37. The predicted octanol–water partition coefficient (Wildman–Crippen LogP) is 6.75. The summed E-state index contributed by atoms with van der Waals surface area (Å²) in [4.78, 5) is 9.54. The molecule has 0 saturated carbocycles. The number of rotatable bonds is 8. The van der Waals surface area contributed by atoms with E-state index in [1.54, 1.807) is 7.11 Å². The first kappa shape index (κ1) is 25.9. The third-order valence-electron chi connectivity index (χ3n) is 7.10. The van der Waals surface area contributed by atoms with E-state index in [1.165, 1.54) is 0 Å². The Morgan fingerprint density at radius 1 is 1.00 bits per heavy atom. The van der Waals surface area contributed by atoms with Gasteiger partial charge in [-0.05, 0) is 61.3 Å². The highest BCUT2D eigenvalue weighted by atomic mass is 28.4. The topological polar surface area (TPSA) is 68.0 Å². The van der Waals surface area contributed by atoms with E-state index in [0.717, 1.165) is 39.8 Å². The molecule has 3 aromatic rings. The number of pyridine rings is 2. The lowest BCUT2D eigenvalue weighted by Crippen LogP contribution is -2.40. The number of hydrogen-bond acceptors (Lipinski definition) is 5. The zero-order valence-electron chi connectivity index (χ0n) is 21.8. The minimum atomic E-state index is -1.86. The SMILES string of the molecule is CCc1cc2ccc(C(C)(C#N)Cc3cccc(CO[Si](C)(C)C(C)(C)C)n3)cc2nc1OC. The van der Waals surface area contributed by atoms with E-state index in [2.05, 4.69) is 52.9 Å². The van der Waals surface area contributed by atoms with Crippen molar-refractivity contribution in [2.75, 3.05) is 7.11 Å². The lowest BCUT2D eigenvalue weighted by molar-refractivity contribution is 0.271. The van der Waals surface area contributed by atoms with Crippen LogP contribution in [0.25, 0.3) is 10.9 Å². The van der Waals surface area contributed by atoms with Crippen LogP contribution in [0.5, 0.6) is 5.88 Å². The van der Waals surface area contributed by atoms with Crippen molar-refractivity contribution in [1.29, 1.82) is 5.26 Å². The van der Waals surface area contributed by atoms with E-state index in [9.17, 15) is 5.26 Å². The van der Waals surface area contributed by atoms with Gasteiger partial charge in [-0.25, -0.2) is 4.98 Å². The maximum Gasteiger partial charge on any atom is 0.216 e. The molecule has 1 atom stereocenters. The zero-order chi connectivity index (χ0) is 25.1. The fraction of sp³-hybridized carbons (Fsp3) is 0.464. The van der Waals surface area contributed by atoms with Gasteiger partial charge >= 0.3 is 0 Å². The molecule has 0 amide bonds. The van der Waals surface area contributed by atoms with Gasteiger partial charge in [0.2, 0.25) is 5.88 Å². The Kier molecular flexibility index (Phi) is 7.49. The molecule has 2 aromatic heterocycles. The van der Waals surface area contributed by atoms with E-state index in [1.807, 2.05) is 43.3 Å². The molecule has 5 nitrogen and oxygen atoms in total. The Hall–Kier alpha value is -2.75. The highest BCUT2D eigenvalue weighted by molar-refractivity contribution is 6.74. The molecule has 6 heteroatoms. The van der Waals surface area contributed by atoms with Gasteiger partial charge in [-0.1, -0.05) is 45.9 Å². The predicted molar refractivity (Wildman–Crippen MR) is 141 cm³/mol. The monoisotopic (exact) mass is 475 g/mol. The molecule has 1 aromatic carbocycles. The number of nitriles is 1. The molecule has 0 saturated heterocycles. The van der Waals surface area contributed by atoms with Crippen molar-refractivity contribution >= 4 is 19.2 Å². The second-order valence-electron chi connectivity index (χ2n) is 10.7. The molecule has 3 rings (SSSR count). The molecule has 0 bridgehead atoms. The number of hydrogen-bond donors (Lipinski definition) is 0. The van der Waals surface area contributed by atoms with Crippen LogP contribution in [0.4, 0.5) is 0 Å². The summed E-state index contributed by atoms with van der Waals surface area (Å²) in [5.74, 6) is 0.641. The third-order valence-corrected chi connectivity index (χ3v) is 11.6. The van der Waals surface area contributed by atoms with Gasteiger partial charge in [-0.3, -0.25) is 4.98 Å². The minimum absolute atomic E-state index is 0.148. The second-order valence-corrected chi connectivity index (χ2v) is 15.5. The molecule has 0 N–H and O–H groups in total. The smallest absolute Gasteiger partial charge is 0.216 e. The molecule has 1 unspecified atom stereocenters. The first-order valence-electron chi connectivity index (χ1n) is 11.9. The van der Waals surface area contributed by atoms with Gasteiger partial charge in [0.25, 0.3) is 0 Å². The molecular formula is C28H37N3O2Si. The first-order chi connectivity index (χ1) is 15.9. The average Bonchev–Trinajstić information content (AvgIpc) is 2.80. The van der Waals surface area contributed by atoms with Gasteiger partial charge in [0.15, 0.2) is 8.32 Å². The molecule has 0 spiro atoms. The molecule has 0 fully saturated rings. The Labute approximate surface area is 205 Å². The van der Waals surface area contributed by atoms with E-state index in [4.69, 9.17) is 19.1 Å². The molecule has 0 aliphatic heterocycles. The summed E-state index contributed by atoms with van der Waals surface area (Å²) in [6.45, 7) is 15.7. The summed E-state index contributed by atoms with van der Waals surface area (Å²) in [6, 6.07) is 16.7. The molecule has 0 aliphatic rings. The standard InChI is InChI=1S/C28H37N3O2Si/c1-9-20-15-21-13-14-22(16-25(21)31-26(20)32-6)28(5,19-29)17-23-11-10-12-24(30-23)18-33-34(7,8)27(2,3)4/h10-16H,9,17-18H2,1-8H3. The Morgan fingerprint density at radius 2 is 1.71 bits per heavy atom. The Bertz CT molecular complexity index is 1210. The van der Waals surface area contributed by atoms with Gasteiger partial charge in [0, 0.05) is 23.1 Å². The lowest BCUT2D eigenvalue weighted by atomic mass is 9.79. The van der Waals surface area contributed by atoms with Gasteiger partial charge < -0.3 is 9.16 Å². The second kappa shape index (κ2) is 9.85. The molecule has 0 radical (unpaired) electrons. The van der Waals surface area contributed by atoms with Crippen LogP contribution < -0.4 is 4.74 Å². The summed E-state index contributed by atoms with van der Waals surface area (Å²) < 4.78 is 11.8. The third kappa shape index (κ3) is 5.48. The number of fused-ring (bicyclic) bond motifs is 1. The summed E-state index contributed by atoms with van der Waals surface area (Å²) in [7, 11) is -0.219. The summed E-state index contributed by atoms with van der Waals surface area (Å²) in [5.41, 5.74) is 3.88. The van der Waals surface area contributed by atoms with Gasteiger partial charge in [-0.2, -0.15) is 5.26 Å². The van der Waals surface area contributed by atoms with Crippen molar-refractivity contribution in [1.82, 2.24) is 9.97 Å². The number of methoxy groups -OCH3 is 1. The maximum absolute atomic E-state index is 10.2. The van der Waals surface area contributed by atoms with Crippen LogP contribution in [0.2, 0.25) is 18.1 Å². The minimum Gasteiger partial charge on any atom is -0.481 e. The first-order valence-corrected chi connectivity index (χ1v) is 14.8. The fourth-order valence-corrected chi connectivity index (χ4v) is 4.66. The van der Waals surface area contributed by atoms with Crippen LogP contribution in [-0.2, 0) is 29.3 Å². The van der Waals surface area contributed by atoms with Crippen LogP contribution in [0, 0.1) is 11.3 Å². The molecule has 34 heavy (non-hydrogen) atoms. The Morgan fingerprint density at radius 3 is 2.32 bits per heavy atom. The maximum atomic E-state index is 10.2. The highest BCUT2D eigenvalue weighted by Crippen LogP contribution is 2.37. The molecule has 180 valence electrons. The number of nitrogens with zero attached hydrogens (tertiary/aromatic N) is 3. The van der Waals surface area contributed by atoms with Crippen LogP contribution >= 0.6 is 0 Å². The van der Waals surface area contributed by atoms with E-state index < -0.39 is 13.7 Å². The van der Waals surface area contributed by atoms with Crippen LogP contribution in [0.15, 0.2) is 42.5 Å². The van der Waals surface area contributed by atoms with E-state index >= 15 is 0 Å². The van der Waals surface area contributed by atoms with Crippen LogP contribution in [0.3, 0.4) is 0 Å². The molecule has 0 aliphatic carbocycles. The Balaban J connectivity index is 1.87. The quantitative estimate of drug-likeness (QED) is 0.337. The largest absolute Gasteiger partial charge is 0.481 e. The van der Waals surface area contributed by atoms with E-state index in [-0.39, 0.29) is 5.04 Å². The van der Waals surface area contributed by atoms with Gasteiger partial charge in [0.1, 0.15) is 0 Å². The number of ether oxygens (including phenoxy) is 1. The molecule has 2 heterocycles. The van der Waals surface area contributed by atoms with Gasteiger partial charge in [0.05, 0.1) is 36.4 Å². The number of benzene rings is 1. The normalized spacial score (nSPS) is 14.0. The van der Waals surface area contributed by atoms with E-state index in [0.29, 0.717) is 18.9 Å². The van der Waals surface area contributed by atoms with Crippen molar-refractivity contribution in [2.45, 2.75) is 77.6 Å². The van der Waals surface area contributed by atoms with Crippen molar-refractivity contribution in [3.63, 3.8) is 0 Å². The summed E-state index contributed by atoms with van der Waals surface area (Å²) >= 11 is 0. The number of aryl methyl sites for hydroxylation is 1. The lowest BCUT2D eigenvalue weighted by Gasteiger charge is -2.36. The molecular weight excluding hydrogens is 438 g/mol. The number of aromatic nitrogens is 2. The van der Waals surface area contributed by atoms with Gasteiger partial charge in [-0.15, -0.1) is 0 Å². The van der Waals surface area contributed by atoms with Crippen molar-refractivity contribution in [3.05, 3.63) is 65.0 Å². The van der Waals surface area contributed by atoms with Crippen molar-refractivity contribution < 1.29 is 9.16 Å². The fourth-order valence-electron chi connectivity index (χ4n) is 3.71. The summed E-state index contributed by atoms with van der Waals surface area (Å²) in [6.07, 6.45) is 1.36. The van der Waals surface area contributed by atoms with Crippen molar-refractivity contribution in [2.24, 2.45) is 0 Å². The average molecular weight is 476 g/mol. The zero-order valence-corrected chi connectivity index (χ0v) is 22.8. The summed E-state index contributed by atoms with van der Waals surface area (Å²) in [5, 5.41) is 11.4. The van der Waals surface area contributed by atoms with Crippen molar-refractivity contribution in [3.8, 4) is 11.9 Å². The van der Waals surface area contributed by atoms with Crippen LogP contribution in [-0.4, -0.2) is 25.4 Å².